The number of ether oxygens (including phenoxy) is 3. The molecule has 0 fully saturated rings. The Morgan fingerprint density at radius 2 is 1.62 bits per heavy atom. The molecule has 1 heterocycles. The van der Waals surface area contributed by atoms with Crippen LogP contribution in [0.4, 0.5) is 5.69 Å². The molecule has 0 saturated carbocycles. The molecule has 0 unspecified atom stereocenters. The van der Waals surface area contributed by atoms with Crippen molar-refractivity contribution in [2.75, 3.05) is 25.5 Å². The number of esters is 1. The number of aromatic nitrogens is 1. The fourth-order valence-corrected chi connectivity index (χ4v) is 6.00. The fraction of sp³-hybridized carbons (Fsp3) is 0.192. The molecule has 0 bridgehead atoms. The van der Waals surface area contributed by atoms with Gasteiger partial charge in [0, 0.05) is 16.3 Å². The number of hydrogen-bond acceptors (Lipinski definition) is 8. The molecule has 0 radical (unpaired) electrons. The third-order valence-electron chi connectivity index (χ3n) is 5.49. The number of sulfonamides is 1. The standard InChI is InChI=1S/C26H24ClN3O7S2/c1-4-37-22(31)15-30-23-20(35-2)13-14-21(36-3)24(23)38-26(30)28-25(32)16-5-9-18(10-6-16)29-39(33,34)19-11-7-17(27)8-12-19/h5-14,29H,4,15H2,1-3H3. The Morgan fingerprint density at radius 1 is 0.974 bits per heavy atom. The minimum Gasteiger partial charge on any atom is -0.495 e. The molecule has 204 valence electrons. The van der Waals surface area contributed by atoms with E-state index in [1.165, 1.54) is 62.8 Å². The van der Waals surface area contributed by atoms with E-state index in [0.29, 0.717) is 26.7 Å². The normalized spacial score (nSPS) is 11.8. The van der Waals surface area contributed by atoms with Crippen molar-refractivity contribution in [3.63, 3.8) is 0 Å². The second kappa shape index (κ2) is 11.9. The number of carbonyl (C=O) groups excluding carboxylic acids is 2. The average molecular weight is 590 g/mol. The van der Waals surface area contributed by atoms with Crippen LogP contribution in [0, 0.1) is 0 Å². The minimum atomic E-state index is -3.85. The molecule has 0 saturated heterocycles. The van der Waals surface area contributed by atoms with Crippen LogP contribution in [-0.2, 0) is 26.1 Å². The summed E-state index contributed by atoms with van der Waals surface area (Å²) >= 11 is 7.00. The van der Waals surface area contributed by atoms with E-state index in [0.717, 1.165) is 11.3 Å². The number of nitrogens with zero attached hydrogens (tertiary/aromatic N) is 2. The van der Waals surface area contributed by atoms with E-state index in [9.17, 15) is 18.0 Å². The molecule has 1 aromatic heterocycles. The first-order valence-electron chi connectivity index (χ1n) is 11.5. The van der Waals surface area contributed by atoms with Crippen LogP contribution in [0.25, 0.3) is 10.2 Å². The molecular formula is C26H24ClN3O7S2. The number of amides is 1. The summed E-state index contributed by atoms with van der Waals surface area (Å²) in [6.45, 7) is 1.70. The molecule has 1 N–H and O–H groups in total. The van der Waals surface area contributed by atoms with E-state index in [2.05, 4.69) is 9.71 Å². The van der Waals surface area contributed by atoms with Gasteiger partial charge in [0.2, 0.25) is 0 Å². The summed E-state index contributed by atoms with van der Waals surface area (Å²) < 4.78 is 46.0. The van der Waals surface area contributed by atoms with Gasteiger partial charge >= 0.3 is 5.97 Å². The molecule has 13 heteroatoms. The highest BCUT2D eigenvalue weighted by molar-refractivity contribution is 7.92. The second-order valence-corrected chi connectivity index (χ2v) is 11.1. The molecule has 1 amide bonds. The van der Waals surface area contributed by atoms with Crippen LogP contribution in [-0.4, -0.2) is 45.7 Å². The summed E-state index contributed by atoms with van der Waals surface area (Å²) in [6, 6.07) is 15.0. The molecule has 10 nitrogen and oxygen atoms in total. The van der Waals surface area contributed by atoms with E-state index in [-0.39, 0.29) is 34.1 Å². The van der Waals surface area contributed by atoms with E-state index in [1.54, 1.807) is 23.6 Å². The Labute approximate surface area is 233 Å². The zero-order valence-corrected chi connectivity index (χ0v) is 23.5. The average Bonchev–Trinajstić information content (AvgIpc) is 3.26. The lowest BCUT2D eigenvalue weighted by molar-refractivity contribution is -0.143. The zero-order chi connectivity index (χ0) is 28.2. The van der Waals surface area contributed by atoms with Crippen molar-refractivity contribution < 1.29 is 32.2 Å². The summed E-state index contributed by atoms with van der Waals surface area (Å²) in [5.74, 6) is -0.102. The largest absolute Gasteiger partial charge is 0.495 e. The van der Waals surface area contributed by atoms with Crippen molar-refractivity contribution in [1.29, 1.82) is 0 Å². The molecule has 4 aromatic rings. The third-order valence-corrected chi connectivity index (χ3v) is 8.23. The van der Waals surface area contributed by atoms with Crippen molar-refractivity contribution in [2.24, 2.45) is 4.99 Å². The lowest BCUT2D eigenvalue weighted by Crippen LogP contribution is -2.23. The SMILES string of the molecule is CCOC(=O)Cn1c(=NC(=O)c2ccc(NS(=O)(=O)c3ccc(Cl)cc3)cc2)sc2c(OC)ccc(OC)c21. The Bertz CT molecular complexity index is 1690. The van der Waals surface area contributed by atoms with Crippen LogP contribution in [0.3, 0.4) is 0 Å². The number of anilines is 1. The van der Waals surface area contributed by atoms with Gasteiger partial charge in [0.05, 0.1) is 25.7 Å². The van der Waals surface area contributed by atoms with Gasteiger partial charge < -0.3 is 18.8 Å². The van der Waals surface area contributed by atoms with Gasteiger partial charge in [-0.1, -0.05) is 22.9 Å². The number of benzene rings is 3. The van der Waals surface area contributed by atoms with Crippen LogP contribution < -0.4 is 19.0 Å². The summed E-state index contributed by atoms with van der Waals surface area (Å²) in [5.41, 5.74) is 1.01. The van der Waals surface area contributed by atoms with Crippen LogP contribution in [0.5, 0.6) is 11.5 Å². The molecule has 0 aliphatic heterocycles. The van der Waals surface area contributed by atoms with E-state index in [1.807, 2.05) is 0 Å². The highest BCUT2D eigenvalue weighted by atomic mass is 35.5. The summed E-state index contributed by atoms with van der Waals surface area (Å²) in [7, 11) is -0.834. The maximum Gasteiger partial charge on any atom is 0.326 e. The van der Waals surface area contributed by atoms with Gasteiger partial charge in [0.1, 0.15) is 28.3 Å². The van der Waals surface area contributed by atoms with Crippen molar-refractivity contribution >= 4 is 60.7 Å². The van der Waals surface area contributed by atoms with Gasteiger partial charge in [-0.05, 0) is 67.6 Å². The fourth-order valence-electron chi connectivity index (χ4n) is 3.68. The monoisotopic (exact) mass is 589 g/mol. The number of nitrogens with one attached hydrogen (secondary N) is 1. The van der Waals surface area contributed by atoms with Crippen molar-refractivity contribution in [3.8, 4) is 11.5 Å². The first-order valence-corrected chi connectivity index (χ1v) is 14.2. The van der Waals surface area contributed by atoms with Crippen molar-refractivity contribution in [1.82, 2.24) is 4.57 Å². The number of halogens is 1. The Hall–Kier alpha value is -3.87. The molecule has 39 heavy (non-hydrogen) atoms. The first-order chi connectivity index (χ1) is 18.7. The van der Waals surface area contributed by atoms with Crippen molar-refractivity contribution in [3.05, 3.63) is 76.1 Å². The molecule has 4 rings (SSSR count). The van der Waals surface area contributed by atoms with E-state index in [4.69, 9.17) is 25.8 Å². The Morgan fingerprint density at radius 3 is 2.23 bits per heavy atom. The van der Waals surface area contributed by atoms with Crippen molar-refractivity contribution in [2.45, 2.75) is 18.4 Å². The van der Waals surface area contributed by atoms with Crippen LogP contribution >= 0.6 is 22.9 Å². The second-order valence-electron chi connectivity index (χ2n) is 7.98. The maximum absolute atomic E-state index is 13.1. The number of hydrogen-bond donors (Lipinski definition) is 1. The molecule has 3 aromatic carbocycles. The number of thiazole rings is 1. The lowest BCUT2D eigenvalue weighted by Gasteiger charge is -2.10. The topological polar surface area (TPSA) is 125 Å². The zero-order valence-electron chi connectivity index (χ0n) is 21.1. The van der Waals surface area contributed by atoms with Gasteiger partial charge in [0.25, 0.3) is 15.9 Å². The lowest BCUT2D eigenvalue weighted by atomic mass is 10.2. The van der Waals surface area contributed by atoms with Gasteiger partial charge in [0.15, 0.2) is 4.80 Å². The third kappa shape index (κ3) is 6.24. The highest BCUT2D eigenvalue weighted by Gasteiger charge is 2.19. The molecule has 0 aliphatic carbocycles. The van der Waals surface area contributed by atoms with Gasteiger partial charge in [-0.15, -0.1) is 0 Å². The smallest absolute Gasteiger partial charge is 0.326 e. The number of methoxy groups -OCH3 is 2. The Kier molecular flexibility index (Phi) is 8.58. The van der Waals surface area contributed by atoms with Crippen LogP contribution in [0.15, 0.2) is 70.6 Å². The number of fused-ring (bicyclic) bond motifs is 1. The first kappa shape index (κ1) is 28.1. The predicted octanol–water partition coefficient (Wildman–Crippen LogP) is 4.48. The van der Waals surface area contributed by atoms with Crippen LogP contribution in [0.2, 0.25) is 5.02 Å². The minimum absolute atomic E-state index is 0.0452. The molecule has 0 aliphatic rings. The maximum atomic E-state index is 13.1. The number of rotatable bonds is 9. The van der Waals surface area contributed by atoms with Crippen LogP contribution in [0.1, 0.15) is 17.3 Å². The van der Waals surface area contributed by atoms with E-state index >= 15 is 0 Å². The summed E-state index contributed by atoms with van der Waals surface area (Å²) in [6.07, 6.45) is 0. The quantitative estimate of drug-likeness (QED) is 0.285. The molecular weight excluding hydrogens is 566 g/mol. The van der Waals surface area contributed by atoms with E-state index < -0.39 is 21.9 Å². The highest BCUT2D eigenvalue weighted by Crippen LogP contribution is 2.35. The summed E-state index contributed by atoms with van der Waals surface area (Å²) in [5, 5.41) is 0.416. The molecule has 0 atom stereocenters. The van der Waals surface area contributed by atoms with Gasteiger partial charge in [-0.3, -0.25) is 14.3 Å². The van der Waals surface area contributed by atoms with Gasteiger partial charge in [-0.2, -0.15) is 4.99 Å². The summed E-state index contributed by atoms with van der Waals surface area (Å²) in [4.78, 5) is 30.0. The number of carbonyl (C=O) groups is 2. The molecule has 0 spiro atoms. The Balaban J connectivity index is 1.69. The predicted molar refractivity (Wildman–Crippen MR) is 148 cm³/mol. The van der Waals surface area contributed by atoms with Gasteiger partial charge in [-0.25, -0.2) is 8.42 Å².